The van der Waals surface area contributed by atoms with Gasteiger partial charge in [-0.05, 0) is 24.3 Å². The highest BCUT2D eigenvalue weighted by Gasteiger charge is 2.27. The smallest absolute Gasteiger partial charge is 0.289 e. The molecule has 114 valence electrons. The van der Waals surface area contributed by atoms with Gasteiger partial charge in [0, 0.05) is 32.4 Å². The van der Waals surface area contributed by atoms with Gasteiger partial charge in [-0.3, -0.25) is 14.4 Å². The molecule has 0 atom stereocenters. The van der Waals surface area contributed by atoms with Crippen molar-refractivity contribution in [2.75, 3.05) is 26.2 Å². The first-order chi connectivity index (χ1) is 10.7. The van der Waals surface area contributed by atoms with Gasteiger partial charge in [0.05, 0.1) is 6.26 Å². The Morgan fingerprint density at radius 2 is 1.68 bits per heavy atom. The number of nitrogens with zero attached hydrogens (tertiary/aromatic N) is 2. The van der Waals surface area contributed by atoms with Gasteiger partial charge in [-0.2, -0.15) is 0 Å². The van der Waals surface area contributed by atoms with E-state index in [0.717, 1.165) is 0 Å². The first-order valence-corrected chi connectivity index (χ1v) is 6.96. The zero-order valence-electron chi connectivity index (χ0n) is 11.8. The van der Waals surface area contributed by atoms with Gasteiger partial charge < -0.3 is 19.2 Å². The number of carbonyl (C=O) groups is 2. The van der Waals surface area contributed by atoms with Crippen molar-refractivity contribution < 1.29 is 14.0 Å². The number of H-pyrrole nitrogens is 1. The third kappa shape index (κ3) is 2.65. The topological polar surface area (TPSA) is 86.6 Å². The highest BCUT2D eigenvalue weighted by molar-refractivity contribution is 5.94. The number of hydrogen-bond acceptors (Lipinski definition) is 4. The minimum Gasteiger partial charge on any atom is -0.459 e. The van der Waals surface area contributed by atoms with Crippen molar-refractivity contribution in [1.82, 2.24) is 14.8 Å². The largest absolute Gasteiger partial charge is 0.459 e. The summed E-state index contributed by atoms with van der Waals surface area (Å²) in [6, 6.07) is 6.39. The molecule has 0 bridgehead atoms. The van der Waals surface area contributed by atoms with E-state index in [1.54, 1.807) is 28.0 Å². The predicted molar refractivity (Wildman–Crippen MR) is 77.6 cm³/mol. The summed E-state index contributed by atoms with van der Waals surface area (Å²) in [5.74, 6) is -0.208. The summed E-state index contributed by atoms with van der Waals surface area (Å²) in [7, 11) is 0. The van der Waals surface area contributed by atoms with E-state index in [9.17, 15) is 14.4 Å². The third-order valence-electron chi connectivity index (χ3n) is 3.63. The number of rotatable bonds is 2. The van der Waals surface area contributed by atoms with Gasteiger partial charge in [-0.1, -0.05) is 0 Å². The second-order valence-electron chi connectivity index (χ2n) is 4.97. The standard InChI is InChI=1S/C15H15N3O4/c19-13-11(3-1-5-16-13)14(20)17-6-8-18(9-7-17)15(21)12-4-2-10-22-12/h1-5,10H,6-9H2,(H,16,19). The molecule has 0 aromatic carbocycles. The van der Waals surface area contributed by atoms with E-state index in [2.05, 4.69) is 4.98 Å². The van der Waals surface area contributed by atoms with Gasteiger partial charge in [0.1, 0.15) is 5.56 Å². The van der Waals surface area contributed by atoms with Crippen LogP contribution in [0.1, 0.15) is 20.9 Å². The number of hydrogen-bond donors (Lipinski definition) is 1. The second kappa shape index (κ2) is 5.88. The normalized spacial score (nSPS) is 14.9. The molecule has 2 aromatic rings. The lowest BCUT2D eigenvalue weighted by molar-refractivity contribution is 0.0517. The molecule has 1 aliphatic rings. The summed E-state index contributed by atoms with van der Waals surface area (Å²) in [6.07, 6.45) is 2.94. The predicted octanol–water partition coefficient (Wildman–Crippen LogP) is 0.566. The Labute approximate surface area is 126 Å². The van der Waals surface area contributed by atoms with E-state index >= 15 is 0 Å². The maximum Gasteiger partial charge on any atom is 0.289 e. The molecule has 0 spiro atoms. The lowest BCUT2D eigenvalue weighted by Crippen LogP contribution is -2.51. The lowest BCUT2D eigenvalue weighted by Gasteiger charge is -2.34. The average molecular weight is 301 g/mol. The fourth-order valence-electron chi connectivity index (χ4n) is 2.43. The number of furan rings is 1. The second-order valence-corrected chi connectivity index (χ2v) is 4.97. The average Bonchev–Trinajstić information content (AvgIpc) is 3.09. The van der Waals surface area contributed by atoms with Crippen LogP contribution in [-0.2, 0) is 0 Å². The molecule has 0 saturated carbocycles. The molecule has 3 rings (SSSR count). The summed E-state index contributed by atoms with van der Waals surface area (Å²) >= 11 is 0. The van der Waals surface area contributed by atoms with E-state index < -0.39 is 5.56 Å². The van der Waals surface area contributed by atoms with Crippen molar-refractivity contribution in [3.63, 3.8) is 0 Å². The molecule has 1 aliphatic heterocycles. The van der Waals surface area contributed by atoms with E-state index in [1.165, 1.54) is 18.5 Å². The lowest BCUT2D eigenvalue weighted by atomic mass is 10.2. The van der Waals surface area contributed by atoms with E-state index in [4.69, 9.17) is 4.42 Å². The monoisotopic (exact) mass is 301 g/mol. The van der Waals surface area contributed by atoms with Crippen molar-refractivity contribution >= 4 is 11.8 Å². The number of carbonyl (C=O) groups excluding carboxylic acids is 2. The molecule has 0 unspecified atom stereocenters. The Hall–Kier alpha value is -2.83. The molecule has 0 aliphatic carbocycles. The maximum atomic E-state index is 12.3. The van der Waals surface area contributed by atoms with Crippen LogP contribution in [0.5, 0.6) is 0 Å². The number of aromatic nitrogens is 1. The van der Waals surface area contributed by atoms with Crippen molar-refractivity contribution in [3.8, 4) is 0 Å². The Morgan fingerprint density at radius 3 is 2.27 bits per heavy atom. The molecule has 0 radical (unpaired) electrons. The fraction of sp³-hybridized carbons (Fsp3) is 0.267. The van der Waals surface area contributed by atoms with Gasteiger partial charge in [-0.25, -0.2) is 0 Å². The number of aromatic amines is 1. The number of pyridine rings is 1. The molecule has 7 nitrogen and oxygen atoms in total. The maximum absolute atomic E-state index is 12.3. The SMILES string of the molecule is O=C(c1ccco1)N1CCN(C(=O)c2ccc[nH]c2=O)CC1. The van der Waals surface area contributed by atoms with Crippen LogP contribution in [-0.4, -0.2) is 52.8 Å². The Morgan fingerprint density at radius 1 is 1.00 bits per heavy atom. The van der Waals surface area contributed by atoms with Gasteiger partial charge >= 0.3 is 0 Å². The summed E-state index contributed by atoms with van der Waals surface area (Å²) in [5.41, 5.74) is -0.282. The Kier molecular flexibility index (Phi) is 3.78. The molecule has 7 heteroatoms. The molecule has 1 saturated heterocycles. The highest BCUT2D eigenvalue weighted by Crippen LogP contribution is 2.10. The zero-order valence-corrected chi connectivity index (χ0v) is 11.8. The molecule has 22 heavy (non-hydrogen) atoms. The van der Waals surface area contributed by atoms with Crippen LogP contribution >= 0.6 is 0 Å². The molecular weight excluding hydrogens is 286 g/mol. The third-order valence-corrected chi connectivity index (χ3v) is 3.63. The van der Waals surface area contributed by atoms with Gasteiger partial charge in [0.15, 0.2) is 5.76 Å². The van der Waals surface area contributed by atoms with E-state index in [-0.39, 0.29) is 17.4 Å². The van der Waals surface area contributed by atoms with Crippen LogP contribution in [0.4, 0.5) is 0 Å². The summed E-state index contributed by atoms with van der Waals surface area (Å²) in [5, 5.41) is 0. The van der Waals surface area contributed by atoms with Gasteiger partial charge in [0.25, 0.3) is 17.4 Å². The van der Waals surface area contributed by atoms with Crippen molar-refractivity contribution in [1.29, 1.82) is 0 Å². The molecular formula is C15H15N3O4. The summed E-state index contributed by atoms with van der Waals surface area (Å²) in [4.78, 5) is 41.8. The molecule has 2 aromatic heterocycles. The van der Waals surface area contributed by atoms with Gasteiger partial charge in [-0.15, -0.1) is 0 Å². The summed E-state index contributed by atoms with van der Waals surface area (Å²) in [6.45, 7) is 1.60. The Bertz CT molecular complexity index is 727. The highest BCUT2D eigenvalue weighted by atomic mass is 16.3. The van der Waals surface area contributed by atoms with Crippen LogP contribution in [0.15, 0.2) is 45.9 Å². The fourth-order valence-corrected chi connectivity index (χ4v) is 2.43. The minimum atomic E-state index is -0.401. The van der Waals surface area contributed by atoms with Crippen LogP contribution in [0.2, 0.25) is 0 Å². The summed E-state index contributed by atoms with van der Waals surface area (Å²) < 4.78 is 5.09. The Balaban J connectivity index is 1.65. The van der Waals surface area contributed by atoms with E-state index in [1.807, 2.05) is 0 Å². The quantitative estimate of drug-likeness (QED) is 0.878. The number of piperazine rings is 1. The van der Waals surface area contributed by atoms with Gasteiger partial charge in [0.2, 0.25) is 0 Å². The molecule has 2 amide bonds. The molecule has 3 heterocycles. The van der Waals surface area contributed by atoms with Crippen LogP contribution < -0.4 is 5.56 Å². The number of amides is 2. The van der Waals surface area contributed by atoms with Crippen LogP contribution in [0.25, 0.3) is 0 Å². The number of nitrogens with one attached hydrogen (secondary N) is 1. The van der Waals surface area contributed by atoms with E-state index in [0.29, 0.717) is 31.9 Å². The first kappa shape index (κ1) is 14.1. The minimum absolute atomic E-state index is 0.119. The van der Waals surface area contributed by atoms with Crippen molar-refractivity contribution in [2.45, 2.75) is 0 Å². The first-order valence-electron chi connectivity index (χ1n) is 6.96. The molecule has 1 N–H and O–H groups in total. The van der Waals surface area contributed by atoms with Crippen LogP contribution in [0.3, 0.4) is 0 Å². The van der Waals surface area contributed by atoms with Crippen LogP contribution in [0, 0.1) is 0 Å². The molecule has 1 fully saturated rings. The van der Waals surface area contributed by atoms with Crippen molar-refractivity contribution in [3.05, 3.63) is 58.4 Å². The zero-order chi connectivity index (χ0) is 15.5. The van der Waals surface area contributed by atoms with Crippen molar-refractivity contribution in [2.24, 2.45) is 0 Å².